The predicted molar refractivity (Wildman–Crippen MR) is 45.3 cm³/mol. The number of hydrogen-bond acceptors (Lipinski definition) is 6. The number of aryl methyl sites for hydroxylation is 1. The normalized spacial score (nSPS) is 9.75. The molecule has 0 saturated carbocycles. The van der Waals surface area contributed by atoms with Gasteiger partial charge in [0.25, 0.3) is 0 Å². The number of carbonyl (C=O) groups excluding carboxylic acids is 1. The fourth-order valence-electron chi connectivity index (χ4n) is 1.07. The summed E-state index contributed by atoms with van der Waals surface area (Å²) in [7, 11) is 0. The van der Waals surface area contributed by atoms with Crippen molar-refractivity contribution in [2.75, 3.05) is 0 Å². The summed E-state index contributed by atoms with van der Waals surface area (Å²) < 4.78 is 9.87. The molecule has 6 nitrogen and oxygen atoms in total. The van der Waals surface area contributed by atoms with Gasteiger partial charge in [-0.2, -0.15) is 4.98 Å². The zero-order valence-electron chi connectivity index (χ0n) is 8.67. The summed E-state index contributed by atoms with van der Waals surface area (Å²) in [6.45, 7) is 0. The Morgan fingerprint density at radius 3 is 2.94 bits per heavy atom. The van der Waals surface area contributed by atoms with Crippen LogP contribution in [-0.4, -0.2) is 16.1 Å². The van der Waals surface area contributed by atoms with Gasteiger partial charge in [-0.3, -0.25) is 0 Å². The third kappa shape index (κ3) is 3.19. The average Bonchev–Trinajstić information content (AvgIpc) is 2.85. The van der Waals surface area contributed by atoms with Crippen LogP contribution in [0.4, 0.5) is 0 Å². The summed E-state index contributed by atoms with van der Waals surface area (Å²) in [6, 6.07) is 3.39. The van der Waals surface area contributed by atoms with E-state index in [1.54, 1.807) is 12.1 Å². The maximum Gasteiger partial charge on any atom is 1.00 e. The van der Waals surface area contributed by atoms with Crippen LogP contribution in [-0.2, 0) is 11.2 Å². The summed E-state index contributed by atoms with van der Waals surface area (Å²) in [6.07, 6.45) is 1.52. The van der Waals surface area contributed by atoms with Crippen LogP contribution >= 0.6 is 0 Å². The van der Waals surface area contributed by atoms with Crippen LogP contribution in [0.1, 0.15) is 12.3 Å². The Labute approximate surface area is 113 Å². The first-order chi connectivity index (χ1) is 7.25. The smallest absolute Gasteiger partial charge is 0.550 e. The summed E-state index contributed by atoms with van der Waals surface area (Å²) in [5.41, 5.74) is 0. The van der Waals surface area contributed by atoms with Gasteiger partial charge in [0.1, 0.15) is 0 Å². The van der Waals surface area contributed by atoms with Gasteiger partial charge >= 0.3 is 29.6 Å². The standard InChI is InChI=1S/C9H8N2O4.Na/c12-8(13)4-3-7-10-9(11-15-7)6-2-1-5-14-6;/h1-2,5H,3-4H2,(H,12,13);/q;+1/p-1. The molecule has 78 valence electrons. The van der Waals surface area contributed by atoms with Gasteiger partial charge in [-0.15, -0.1) is 0 Å². The van der Waals surface area contributed by atoms with Gasteiger partial charge in [0.15, 0.2) is 5.76 Å². The Hall–Kier alpha value is -1.11. The average molecular weight is 230 g/mol. The largest absolute Gasteiger partial charge is 1.00 e. The molecule has 0 atom stereocenters. The minimum Gasteiger partial charge on any atom is -0.550 e. The Balaban J connectivity index is 0.00000128. The van der Waals surface area contributed by atoms with Crippen LogP contribution in [0.2, 0.25) is 0 Å². The first kappa shape index (κ1) is 13.0. The van der Waals surface area contributed by atoms with Crippen molar-refractivity contribution in [3.05, 3.63) is 24.3 Å². The zero-order valence-corrected chi connectivity index (χ0v) is 10.7. The third-order valence-corrected chi connectivity index (χ3v) is 1.75. The number of aliphatic carboxylic acids is 1. The summed E-state index contributed by atoms with van der Waals surface area (Å²) in [5.74, 6) is -0.0925. The molecule has 0 fully saturated rings. The van der Waals surface area contributed by atoms with Gasteiger partial charge in [0.2, 0.25) is 11.7 Å². The molecule has 0 aliphatic heterocycles. The van der Waals surface area contributed by atoms with E-state index in [2.05, 4.69) is 10.1 Å². The van der Waals surface area contributed by atoms with E-state index in [1.165, 1.54) is 6.26 Å². The molecule has 2 aromatic rings. The van der Waals surface area contributed by atoms with Crippen LogP contribution < -0.4 is 34.7 Å². The van der Waals surface area contributed by atoms with Crippen molar-refractivity contribution in [1.29, 1.82) is 0 Å². The number of rotatable bonds is 4. The van der Waals surface area contributed by atoms with Crippen LogP contribution in [0.25, 0.3) is 11.6 Å². The van der Waals surface area contributed by atoms with Gasteiger partial charge in [0.05, 0.1) is 6.26 Å². The number of furan rings is 1. The maximum absolute atomic E-state index is 10.2. The van der Waals surface area contributed by atoms with E-state index >= 15 is 0 Å². The Bertz CT molecular complexity index is 452. The predicted octanol–water partition coefficient (Wildman–Crippen LogP) is -2.98. The molecule has 7 heteroatoms. The molecule has 0 radical (unpaired) electrons. The van der Waals surface area contributed by atoms with Gasteiger partial charge in [-0.1, -0.05) is 5.16 Å². The van der Waals surface area contributed by atoms with Crippen molar-refractivity contribution < 1.29 is 48.4 Å². The van der Waals surface area contributed by atoms with Crippen molar-refractivity contribution in [3.8, 4) is 11.6 Å². The number of nitrogens with zero attached hydrogens (tertiary/aromatic N) is 2. The van der Waals surface area contributed by atoms with Crippen molar-refractivity contribution in [2.24, 2.45) is 0 Å². The molecular formula is C9H7N2NaO4. The zero-order chi connectivity index (χ0) is 10.7. The first-order valence-corrected chi connectivity index (χ1v) is 4.32. The molecule has 0 aromatic carbocycles. The molecule has 2 rings (SSSR count). The van der Waals surface area contributed by atoms with Gasteiger partial charge in [-0.05, 0) is 18.6 Å². The molecule has 0 aliphatic carbocycles. The maximum atomic E-state index is 10.2. The van der Waals surface area contributed by atoms with Gasteiger partial charge < -0.3 is 18.8 Å². The minimum absolute atomic E-state index is 0. The number of hydrogen-bond donors (Lipinski definition) is 0. The fourth-order valence-corrected chi connectivity index (χ4v) is 1.07. The number of aromatic nitrogens is 2. The molecule has 0 amide bonds. The van der Waals surface area contributed by atoms with Gasteiger partial charge in [0, 0.05) is 12.4 Å². The molecule has 16 heavy (non-hydrogen) atoms. The molecule has 2 heterocycles. The summed E-state index contributed by atoms with van der Waals surface area (Å²) >= 11 is 0. The monoisotopic (exact) mass is 230 g/mol. The van der Waals surface area contributed by atoms with Crippen molar-refractivity contribution in [3.63, 3.8) is 0 Å². The van der Waals surface area contributed by atoms with E-state index < -0.39 is 5.97 Å². The molecule has 0 bridgehead atoms. The van der Waals surface area contributed by atoms with Crippen molar-refractivity contribution >= 4 is 5.97 Å². The second-order valence-corrected chi connectivity index (χ2v) is 2.86. The molecule has 0 N–H and O–H groups in total. The fraction of sp³-hybridized carbons (Fsp3) is 0.222. The first-order valence-electron chi connectivity index (χ1n) is 4.32. The molecule has 0 spiro atoms. The topological polar surface area (TPSA) is 92.2 Å². The number of carboxylic acid groups (broad SMARTS) is 1. The SMILES string of the molecule is O=C([O-])CCc1nc(-c2ccco2)no1.[Na+]. The van der Waals surface area contributed by atoms with Crippen molar-refractivity contribution in [2.45, 2.75) is 12.8 Å². The van der Waals surface area contributed by atoms with E-state index in [1.807, 2.05) is 0 Å². The molecule has 0 saturated heterocycles. The minimum atomic E-state index is -1.15. The van der Waals surface area contributed by atoms with Crippen LogP contribution in [0.15, 0.2) is 27.3 Å². The number of carbonyl (C=O) groups is 1. The van der Waals surface area contributed by atoms with E-state index in [-0.39, 0.29) is 48.3 Å². The van der Waals surface area contributed by atoms with E-state index in [0.29, 0.717) is 11.6 Å². The Morgan fingerprint density at radius 2 is 2.31 bits per heavy atom. The summed E-state index contributed by atoms with van der Waals surface area (Å²) in [4.78, 5) is 14.2. The molecular weight excluding hydrogens is 223 g/mol. The Kier molecular flexibility index (Phi) is 4.72. The number of carboxylic acids is 1. The van der Waals surface area contributed by atoms with E-state index in [4.69, 9.17) is 8.94 Å². The molecule has 0 aliphatic rings. The quantitative estimate of drug-likeness (QED) is 0.520. The van der Waals surface area contributed by atoms with Crippen molar-refractivity contribution in [1.82, 2.24) is 10.1 Å². The van der Waals surface area contributed by atoms with Crippen LogP contribution in [0.5, 0.6) is 0 Å². The second-order valence-electron chi connectivity index (χ2n) is 2.86. The van der Waals surface area contributed by atoms with E-state index in [9.17, 15) is 9.90 Å². The van der Waals surface area contributed by atoms with E-state index in [0.717, 1.165) is 0 Å². The van der Waals surface area contributed by atoms with Crippen LogP contribution in [0, 0.1) is 0 Å². The van der Waals surface area contributed by atoms with Crippen LogP contribution in [0.3, 0.4) is 0 Å². The van der Waals surface area contributed by atoms with Gasteiger partial charge in [-0.25, -0.2) is 0 Å². The molecule has 0 unspecified atom stereocenters. The summed E-state index contributed by atoms with van der Waals surface area (Å²) in [5, 5.41) is 13.8. The Morgan fingerprint density at radius 1 is 1.50 bits per heavy atom. The third-order valence-electron chi connectivity index (χ3n) is 1.75. The second kappa shape index (κ2) is 5.83. The molecule has 2 aromatic heterocycles.